The van der Waals surface area contributed by atoms with Crippen molar-refractivity contribution in [3.05, 3.63) is 90.5 Å². The van der Waals surface area contributed by atoms with Gasteiger partial charge in [-0.3, -0.25) is 9.59 Å². The van der Waals surface area contributed by atoms with Crippen LogP contribution in [0.4, 0.5) is 5.69 Å². The van der Waals surface area contributed by atoms with Crippen LogP contribution in [0.3, 0.4) is 0 Å². The zero-order chi connectivity index (χ0) is 24.8. The number of nitriles is 1. The van der Waals surface area contributed by atoms with Gasteiger partial charge in [0, 0.05) is 30.9 Å². The fraction of sp³-hybridized carbons (Fsp3) is 0.148. The van der Waals surface area contributed by atoms with Gasteiger partial charge < -0.3 is 25.4 Å². The van der Waals surface area contributed by atoms with Crippen molar-refractivity contribution in [3.63, 3.8) is 0 Å². The monoisotopic (exact) mass is 468 g/mol. The van der Waals surface area contributed by atoms with E-state index < -0.39 is 5.91 Å². The first-order valence-electron chi connectivity index (χ1n) is 11.0. The van der Waals surface area contributed by atoms with Crippen LogP contribution in [0.2, 0.25) is 0 Å². The number of ether oxygens (including phenoxy) is 2. The smallest absolute Gasteiger partial charge is 0.252 e. The number of primary amides is 1. The number of amides is 2. The zero-order valence-corrected chi connectivity index (χ0v) is 18.9. The van der Waals surface area contributed by atoms with E-state index in [2.05, 4.69) is 22.9 Å². The predicted octanol–water partition coefficient (Wildman–Crippen LogP) is 4.12. The number of hydrogen-bond acceptors (Lipinski definition) is 6. The maximum Gasteiger partial charge on any atom is 0.252 e. The summed E-state index contributed by atoms with van der Waals surface area (Å²) in [6.45, 7) is 4.86. The number of carbonyl (C=O) groups excluding carboxylic acids is 2. The van der Waals surface area contributed by atoms with Gasteiger partial charge in [0.25, 0.3) is 5.91 Å². The van der Waals surface area contributed by atoms with E-state index >= 15 is 0 Å². The highest BCUT2D eigenvalue weighted by molar-refractivity contribution is 5.96. The fourth-order valence-corrected chi connectivity index (χ4v) is 3.84. The van der Waals surface area contributed by atoms with E-state index in [1.54, 1.807) is 60.7 Å². The SMILES string of the molecule is C=CC(=O)NC1CCN(c2ccc(C(N)=O)c(Oc3ccc(Oc4cccc(C#N)c4)cc3)c2)C1. The number of hydrogen-bond donors (Lipinski definition) is 2. The summed E-state index contributed by atoms with van der Waals surface area (Å²) >= 11 is 0. The molecule has 3 N–H and O–H groups in total. The van der Waals surface area contributed by atoms with Gasteiger partial charge in [-0.25, -0.2) is 0 Å². The van der Waals surface area contributed by atoms with E-state index in [9.17, 15) is 9.59 Å². The van der Waals surface area contributed by atoms with E-state index in [1.807, 2.05) is 6.07 Å². The minimum Gasteiger partial charge on any atom is -0.457 e. The van der Waals surface area contributed by atoms with Crippen molar-refractivity contribution in [3.8, 4) is 29.1 Å². The van der Waals surface area contributed by atoms with Gasteiger partial charge >= 0.3 is 0 Å². The minimum absolute atomic E-state index is 0.0158. The van der Waals surface area contributed by atoms with E-state index in [1.165, 1.54) is 6.08 Å². The van der Waals surface area contributed by atoms with Crippen LogP contribution in [0.15, 0.2) is 79.4 Å². The molecule has 8 heteroatoms. The lowest BCUT2D eigenvalue weighted by atomic mass is 10.1. The van der Waals surface area contributed by atoms with Crippen LogP contribution >= 0.6 is 0 Å². The molecule has 0 bridgehead atoms. The Kier molecular flexibility index (Phi) is 6.98. The Morgan fingerprint density at radius 3 is 2.49 bits per heavy atom. The van der Waals surface area contributed by atoms with Crippen LogP contribution in [0.25, 0.3) is 0 Å². The van der Waals surface area contributed by atoms with Gasteiger partial charge in [-0.05, 0) is 67.1 Å². The lowest BCUT2D eigenvalue weighted by Gasteiger charge is -2.21. The molecule has 1 heterocycles. The molecule has 3 aromatic rings. The minimum atomic E-state index is -0.596. The molecule has 1 saturated heterocycles. The highest BCUT2D eigenvalue weighted by Gasteiger charge is 2.24. The van der Waals surface area contributed by atoms with E-state index in [0.29, 0.717) is 35.1 Å². The number of carbonyl (C=O) groups is 2. The molecule has 2 amide bonds. The molecule has 4 rings (SSSR count). The van der Waals surface area contributed by atoms with E-state index in [-0.39, 0.29) is 17.5 Å². The topological polar surface area (TPSA) is 118 Å². The maximum absolute atomic E-state index is 12.0. The lowest BCUT2D eigenvalue weighted by Crippen LogP contribution is -2.36. The molecule has 1 aliphatic rings. The van der Waals surface area contributed by atoms with Crippen LogP contribution in [0.1, 0.15) is 22.3 Å². The van der Waals surface area contributed by atoms with Gasteiger partial charge in [0.2, 0.25) is 5.91 Å². The number of benzene rings is 3. The Balaban J connectivity index is 1.49. The number of nitrogens with two attached hydrogens (primary N) is 1. The normalized spacial score (nSPS) is 14.6. The third-order valence-corrected chi connectivity index (χ3v) is 5.57. The summed E-state index contributed by atoms with van der Waals surface area (Å²) in [6.07, 6.45) is 2.06. The summed E-state index contributed by atoms with van der Waals surface area (Å²) in [6, 6.07) is 21.1. The van der Waals surface area contributed by atoms with Crippen molar-refractivity contribution >= 4 is 17.5 Å². The Labute approximate surface area is 203 Å². The molecule has 0 radical (unpaired) electrons. The van der Waals surface area contributed by atoms with Crippen molar-refractivity contribution < 1.29 is 19.1 Å². The first-order chi connectivity index (χ1) is 16.9. The molecule has 3 aromatic carbocycles. The van der Waals surface area contributed by atoms with Crippen molar-refractivity contribution in [1.82, 2.24) is 5.32 Å². The summed E-state index contributed by atoms with van der Waals surface area (Å²) in [5.74, 6) is 1.16. The van der Waals surface area contributed by atoms with Gasteiger partial charge in [0.1, 0.15) is 23.0 Å². The van der Waals surface area contributed by atoms with Crippen LogP contribution < -0.4 is 25.4 Å². The lowest BCUT2D eigenvalue weighted by molar-refractivity contribution is -0.117. The average Bonchev–Trinajstić information content (AvgIpc) is 3.33. The van der Waals surface area contributed by atoms with Gasteiger partial charge in [0.05, 0.1) is 17.2 Å². The molecular formula is C27H24N4O4. The van der Waals surface area contributed by atoms with Gasteiger partial charge in [-0.15, -0.1) is 0 Å². The highest BCUT2D eigenvalue weighted by Crippen LogP contribution is 2.33. The Morgan fingerprint density at radius 2 is 1.80 bits per heavy atom. The van der Waals surface area contributed by atoms with Gasteiger partial charge in [0.15, 0.2) is 0 Å². The Hall–Kier alpha value is -4.77. The molecule has 1 aliphatic heterocycles. The fourth-order valence-electron chi connectivity index (χ4n) is 3.84. The summed E-state index contributed by atoms with van der Waals surface area (Å²) in [4.78, 5) is 25.7. The first kappa shape index (κ1) is 23.4. The third kappa shape index (κ3) is 5.78. The van der Waals surface area contributed by atoms with E-state index in [0.717, 1.165) is 18.7 Å². The standard InChI is InChI=1S/C27H24N4O4/c1-2-26(32)30-19-12-13-31(17-19)20-6-11-24(27(29)33)25(15-20)35-22-9-7-21(8-10-22)34-23-5-3-4-18(14-23)16-28/h2-11,14-15,19H,1,12-13,17H2,(H2,29,33)(H,30,32). The predicted molar refractivity (Wildman–Crippen MR) is 132 cm³/mol. The number of anilines is 1. The maximum atomic E-state index is 12.0. The highest BCUT2D eigenvalue weighted by atomic mass is 16.5. The molecule has 176 valence electrons. The van der Waals surface area contributed by atoms with Gasteiger partial charge in [-0.1, -0.05) is 12.6 Å². The van der Waals surface area contributed by atoms with Crippen LogP contribution in [0, 0.1) is 11.3 Å². The number of rotatable bonds is 8. The van der Waals surface area contributed by atoms with Gasteiger partial charge in [-0.2, -0.15) is 5.26 Å². The Bertz CT molecular complexity index is 1300. The summed E-state index contributed by atoms with van der Waals surface area (Å²) < 4.78 is 11.8. The van der Waals surface area contributed by atoms with Crippen molar-refractivity contribution in [2.75, 3.05) is 18.0 Å². The largest absolute Gasteiger partial charge is 0.457 e. The van der Waals surface area contributed by atoms with Crippen LogP contribution in [-0.4, -0.2) is 30.9 Å². The Morgan fingerprint density at radius 1 is 1.06 bits per heavy atom. The zero-order valence-electron chi connectivity index (χ0n) is 18.9. The second-order valence-electron chi connectivity index (χ2n) is 8.00. The molecule has 1 fully saturated rings. The molecule has 8 nitrogen and oxygen atoms in total. The van der Waals surface area contributed by atoms with Crippen molar-refractivity contribution in [2.24, 2.45) is 5.73 Å². The molecule has 1 atom stereocenters. The van der Waals surface area contributed by atoms with Crippen LogP contribution in [0.5, 0.6) is 23.0 Å². The molecule has 0 aromatic heterocycles. The number of nitrogens with one attached hydrogen (secondary N) is 1. The molecule has 1 unspecified atom stereocenters. The van der Waals surface area contributed by atoms with Crippen molar-refractivity contribution in [2.45, 2.75) is 12.5 Å². The number of nitrogens with zero attached hydrogens (tertiary/aromatic N) is 2. The average molecular weight is 469 g/mol. The second kappa shape index (κ2) is 10.4. The molecule has 35 heavy (non-hydrogen) atoms. The van der Waals surface area contributed by atoms with E-state index in [4.69, 9.17) is 20.5 Å². The third-order valence-electron chi connectivity index (χ3n) is 5.57. The summed E-state index contributed by atoms with van der Waals surface area (Å²) in [5.41, 5.74) is 7.19. The van der Waals surface area contributed by atoms with Crippen molar-refractivity contribution in [1.29, 1.82) is 5.26 Å². The second-order valence-corrected chi connectivity index (χ2v) is 8.00. The molecular weight excluding hydrogens is 444 g/mol. The molecule has 0 saturated carbocycles. The molecule has 0 aliphatic carbocycles. The summed E-state index contributed by atoms with van der Waals surface area (Å²) in [5, 5.41) is 11.9. The summed E-state index contributed by atoms with van der Waals surface area (Å²) in [7, 11) is 0. The molecule has 0 spiro atoms. The quantitative estimate of drug-likeness (QED) is 0.480. The first-order valence-corrected chi connectivity index (χ1v) is 11.0. The van der Waals surface area contributed by atoms with Crippen LogP contribution in [-0.2, 0) is 4.79 Å².